The molecule has 0 aromatic carbocycles. The van der Waals surface area contributed by atoms with Gasteiger partial charge in [-0.05, 0) is 34.5 Å². The van der Waals surface area contributed by atoms with Crippen LogP contribution in [0, 0.1) is 0 Å². The van der Waals surface area contributed by atoms with Gasteiger partial charge in [-0.2, -0.15) is 0 Å². The Hall–Kier alpha value is -0.760. The number of aromatic nitrogens is 2. The van der Waals surface area contributed by atoms with Gasteiger partial charge >= 0.3 is 0 Å². The number of nitrogens with zero attached hydrogens (tertiary/aromatic N) is 3. The predicted octanol–water partition coefficient (Wildman–Crippen LogP) is 2.13. The first-order chi connectivity index (χ1) is 8.70. The van der Waals surface area contributed by atoms with E-state index in [-0.39, 0.29) is 6.10 Å². The van der Waals surface area contributed by atoms with Crippen molar-refractivity contribution in [1.82, 2.24) is 15.1 Å². The molecule has 1 fully saturated rings. The van der Waals surface area contributed by atoms with Crippen molar-refractivity contribution >= 4 is 27.3 Å². The summed E-state index contributed by atoms with van der Waals surface area (Å²) in [4.78, 5) is 3.08. The Bertz CT molecular complexity index is 542. The third-order valence-corrected chi connectivity index (χ3v) is 4.47. The minimum atomic E-state index is -0.222. The topological polar surface area (TPSA) is 62.4 Å². The van der Waals surface area contributed by atoms with E-state index < -0.39 is 0 Å². The number of aliphatic hydroxyl groups is 1. The van der Waals surface area contributed by atoms with Crippen LogP contribution in [0.25, 0.3) is 10.8 Å². The quantitative estimate of drug-likeness (QED) is 0.934. The van der Waals surface area contributed by atoms with Gasteiger partial charge in [-0.1, -0.05) is 0 Å². The van der Waals surface area contributed by atoms with Gasteiger partial charge in [0.25, 0.3) is 5.89 Å². The molecule has 7 heteroatoms. The normalized spacial score (nSPS) is 20.7. The molecule has 3 heterocycles. The summed E-state index contributed by atoms with van der Waals surface area (Å²) in [5.74, 6) is 1.16. The highest BCUT2D eigenvalue weighted by Crippen LogP contribution is 2.30. The second-order valence-electron chi connectivity index (χ2n) is 4.28. The van der Waals surface area contributed by atoms with Crippen molar-refractivity contribution in [2.45, 2.75) is 19.1 Å². The molecule has 0 radical (unpaired) electrons. The van der Waals surface area contributed by atoms with Gasteiger partial charge < -0.3 is 9.52 Å². The zero-order chi connectivity index (χ0) is 12.5. The maximum Gasteiger partial charge on any atom is 0.257 e. The Morgan fingerprint density at radius 1 is 1.50 bits per heavy atom. The van der Waals surface area contributed by atoms with Crippen molar-refractivity contribution in [3.05, 3.63) is 21.8 Å². The van der Waals surface area contributed by atoms with Gasteiger partial charge in [-0.15, -0.1) is 21.5 Å². The number of thiophene rings is 1. The Morgan fingerprint density at radius 2 is 2.39 bits per heavy atom. The van der Waals surface area contributed by atoms with Crippen molar-refractivity contribution in [1.29, 1.82) is 0 Å². The smallest absolute Gasteiger partial charge is 0.257 e. The average Bonchev–Trinajstić information content (AvgIpc) is 3.01. The van der Waals surface area contributed by atoms with Crippen molar-refractivity contribution in [2.75, 3.05) is 13.1 Å². The van der Waals surface area contributed by atoms with E-state index in [1.54, 1.807) is 11.3 Å². The van der Waals surface area contributed by atoms with Crippen molar-refractivity contribution in [2.24, 2.45) is 0 Å². The minimum absolute atomic E-state index is 0.222. The molecule has 0 unspecified atom stereocenters. The summed E-state index contributed by atoms with van der Waals surface area (Å²) in [6, 6.07) is 3.91. The summed E-state index contributed by atoms with van der Waals surface area (Å²) in [5, 5.41) is 17.5. The predicted molar refractivity (Wildman–Crippen MR) is 71.2 cm³/mol. The van der Waals surface area contributed by atoms with Crippen LogP contribution in [0.2, 0.25) is 0 Å². The van der Waals surface area contributed by atoms with Gasteiger partial charge in [-0.3, -0.25) is 4.90 Å². The lowest BCUT2D eigenvalue weighted by Gasteiger charge is -2.10. The molecule has 5 nitrogen and oxygen atoms in total. The van der Waals surface area contributed by atoms with Gasteiger partial charge in [0.2, 0.25) is 5.89 Å². The number of likely N-dealkylation sites (tertiary alicyclic amines) is 1. The molecule has 2 aromatic heterocycles. The Morgan fingerprint density at radius 3 is 3.06 bits per heavy atom. The van der Waals surface area contributed by atoms with Crippen LogP contribution in [0.3, 0.4) is 0 Å². The van der Waals surface area contributed by atoms with Crippen LogP contribution < -0.4 is 0 Å². The highest BCUT2D eigenvalue weighted by Gasteiger charge is 2.22. The number of hydrogen-bond acceptors (Lipinski definition) is 6. The fraction of sp³-hybridized carbons (Fsp3) is 0.455. The lowest BCUT2D eigenvalue weighted by molar-refractivity contribution is 0.171. The first-order valence-electron chi connectivity index (χ1n) is 5.69. The van der Waals surface area contributed by atoms with Gasteiger partial charge in [0.15, 0.2) is 0 Å². The van der Waals surface area contributed by atoms with E-state index in [2.05, 4.69) is 31.0 Å². The maximum absolute atomic E-state index is 9.45. The molecule has 0 bridgehead atoms. The van der Waals surface area contributed by atoms with Crippen LogP contribution in [-0.2, 0) is 6.54 Å². The number of β-amino-alcohol motifs (C(OH)–C–C–N with tert-alkyl or cyclic N) is 1. The molecule has 2 aromatic rings. The fourth-order valence-corrected chi connectivity index (χ4v) is 3.30. The van der Waals surface area contributed by atoms with E-state index in [0.717, 1.165) is 21.6 Å². The summed E-state index contributed by atoms with van der Waals surface area (Å²) < 4.78 is 6.67. The van der Waals surface area contributed by atoms with Crippen molar-refractivity contribution in [3.8, 4) is 10.8 Å². The number of rotatable bonds is 3. The summed E-state index contributed by atoms with van der Waals surface area (Å²) in [7, 11) is 0. The van der Waals surface area contributed by atoms with E-state index in [1.807, 2.05) is 12.1 Å². The Balaban J connectivity index is 1.70. The van der Waals surface area contributed by atoms with E-state index >= 15 is 0 Å². The van der Waals surface area contributed by atoms with Crippen molar-refractivity contribution in [3.63, 3.8) is 0 Å². The second-order valence-corrected chi connectivity index (χ2v) is 6.75. The van der Waals surface area contributed by atoms with Crippen LogP contribution in [0.4, 0.5) is 0 Å². The summed E-state index contributed by atoms with van der Waals surface area (Å²) in [6.07, 6.45) is 0.597. The zero-order valence-corrected chi connectivity index (χ0v) is 11.9. The van der Waals surface area contributed by atoms with Crippen LogP contribution in [-0.4, -0.2) is 39.4 Å². The van der Waals surface area contributed by atoms with Crippen LogP contribution >= 0.6 is 27.3 Å². The molecule has 1 aliphatic heterocycles. The fourth-order valence-electron chi connectivity index (χ4n) is 1.99. The van der Waals surface area contributed by atoms with E-state index in [1.165, 1.54) is 0 Å². The number of halogens is 1. The van der Waals surface area contributed by atoms with Crippen LogP contribution in [0.1, 0.15) is 12.3 Å². The van der Waals surface area contributed by atoms with E-state index in [4.69, 9.17) is 4.42 Å². The van der Waals surface area contributed by atoms with Gasteiger partial charge in [0.05, 0.1) is 21.3 Å². The SMILES string of the molecule is O[C@H]1CCN(Cc2nnc(-c3ccc(Br)s3)o2)C1. The summed E-state index contributed by atoms with van der Waals surface area (Å²) in [6.45, 7) is 2.17. The summed E-state index contributed by atoms with van der Waals surface area (Å²) >= 11 is 4.97. The third-order valence-electron chi connectivity index (χ3n) is 2.86. The largest absolute Gasteiger partial charge is 0.419 e. The standard InChI is InChI=1S/C11H12BrN3O2S/c12-9-2-1-8(18-9)11-14-13-10(17-11)6-15-4-3-7(16)5-15/h1-2,7,16H,3-6H2/t7-/m0/s1. The second kappa shape index (κ2) is 5.08. The lowest BCUT2D eigenvalue weighted by atomic mass is 10.3. The third kappa shape index (κ3) is 2.64. The molecule has 1 atom stereocenters. The van der Waals surface area contributed by atoms with E-state index in [9.17, 15) is 5.11 Å². The summed E-state index contributed by atoms with van der Waals surface area (Å²) in [5.41, 5.74) is 0. The number of aliphatic hydroxyl groups excluding tert-OH is 1. The molecular weight excluding hydrogens is 318 g/mol. The van der Waals surface area contributed by atoms with Gasteiger partial charge in [0.1, 0.15) is 0 Å². The Kier molecular flexibility index (Phi) is 3.47. The minimum Gasteiger partial charge on any atom is -0.419 e. The highest BCUT2D eigenvalue weighted by molar-refractivity contribution is 9.11. The number of hydrogen-bond donors (Lipinski definition) is 1. The molecule has 0 saturated carbocycles. The molecule has 1 saturated heterocycles. The highest BCUT2D eigenvalue weighted by atomic mass is 79.9. The van der Waals surface area contributed by atoms with Gasteiger partial charge in [0, 0.05) is 13.1 Å². The molecule has 0 amide bonds. The van der Waals surface area contributed by atoms with Crippen molar-refractivity contribution < 1.29 is 9.52 Å². The lowest BCUT2D eigenvalue weighted by Crippen LogP contribution is -2.21. The average molecular weight is 330 g/mol. The zero-order valence-electron chi connectivity index (χ0n) is 9.54. The van der Waals surface area contributed by atoms with E-state index in [0.29, 0.717) is 24.9 Å². The monoisotopic (exact) mass is 329 g/mol. The molecule has 1 N–H and O–H groups in total. The molecule has 3 rings (SSSR count). The first-order valence-corrected chi connectivity index (χ1v) is 7.30. The molecular formula is C11H12BrN3O2S. The molecule has 1 aliphatic rings. The van der Waals surface area contributed by atoms with Crippen LogP contribution in [0.5, 0.6) is 0 Å². The maximum atomic E-state index is 9.45. The molecule has 0 aliphatic carbocycles. The Labute approximate surface area is 117 Å². The first kappa shape index (κ1) is 12.3. The van der Waals surface area contributed by atoms with Crippen LogP contribution in [0.15, 0.2) is 20.3 Å². The molecule has 0 spiro atoms. The molecule has 18 heavy (non-hydrogen) atoms. The molecule has 96 valence electrons. The van der Waals surface area contributed by atoms with Gasteiger partial charge in [-0.25, -0.2) is 0 Å².